The van der Waals surface area contributed by atoms with Crippen LogP contribution in [0.3, 0.4) is 0 Å². The van der Waals surface area contributed by atoms with E-state index in [4.69, 9.17) is 10.9 Å². The number of nitrogens with zero attached hydrogens (tertiary/aromatic N) is 4. The number of aromatic carboxylic acids is 1. The lowest BCUT2D eigenvalue weighted by Gasteiger charge is -2.01. The Labute approximate surface area is 108 Å². The van der Waals surface area contributed by atoms with Crippen molar-refractivity contribution in [2.75, 3.05) is 11.3 Å². The number of hydrazone groups is 1. The number of nitrogens with two attached hydrogens (primary N) is 1. The zero-order valence-corrected chi connectivity index (χ0v) is 10.1. The number of carboxylic acids is 1. The molecule has 19 heavy (non-hydrogen) atoms. The molecule has 0 spiro atoms. The van der Waals surface area contributed by atoms with Gasteiger partial charge in [-0.3, -0.25) is 0 Å². The predicted molar refractivity (Wildman–Crippen MR) is 69.5 cm³/mol. The number of hydrogen-bond acceptors (Lipinski definition) is 6. The van der Waals surface area contributed by atoms with E-state index in [9.17, 15) is 4.79 Å². The Balaban J connectivity index is 2.16. The number of benzene rings is 1. The molecule has 2 rings (SSSR count). The molecule has 2 aromatic rings. The highest BCUT2D eigenvalue weighted by Gasteiger charge is 2.07. The van der Waals surface area contributed by atoms with Gasteiger partial charge >= 0.3 is 5.97 Å². The predicted octanol–water partition coefficient (Wildman–Crippen LogP) is 0.445. The fourth-order valence-electron chi connectivity index (χ4n) is 1.41. The SMILES string of the molecule is Cc1nnc(N/N=C/c2ccccc2C(=O)O)n1N. The molecule has 1 heterocycles. The van der Waals surface area contributed by atoms with E-state index in [1.165, 1.54) is 17.0 Å². The van der Waals surface area contributed by atoms with E-state index in [0.29, 0.717) is 11.4 Å². The van der Waals surface area contributed by atoms with Crippen LogP contribution in [0.2, 0.25) is 0 Å². The molecule has 0 radical (unpaired) electrons. The zero-order valence-electron chi connectivity index (χ0n) is 10.1. The van der Waals surface area contributed by atoms with Crippen molar-refractivity contribution in [1.29, 1.82) is 0 Å². The van der Waals surface area contributed by atoms with Crippen LogP contribution in [0.15, 0.2) is 29.4 Å². The maximum atomic E-state index is 11.0. The molecule has 0 aliphatic rings. The van der Waals surface area contributed by atoms with Crippen LogP contribution in [0, 0.1) is 6.92 Å². The molecule has 0 saturated heterocycles. The molecule has 0 aliphatic carbocycles. The fraction of sp³-hybridized carbons (Fsp3) is 0.0909. The first-order chi connectivity index (χ1) is 9.09. The van der Waals surface area contributed by atoms with Crippen LogP contribution in [0.1, 0.15) is 21.7 Å². The van der Waals surface area contributed by atoms with Gasteiger partial charge in [0.2, 0.25) is 0 Å². The Morgan fingerprint density at radius 1 is 1.47 bits per heavy atom. The average Bonchev–Trinajstić information content (AvgIpc) is 2.71. The summed E-state index contributed by atoms with van der Waals surface area (Å²) in [5.74, 6) is 5.40. The standard InChI is InChI=1S/C11H12N6O2/c1-7-14-16-11(17(7)12)15-13-6-8-4-2-3-5-9(8)10(18)19/h2-6H,12H2,1H3,(H,15,16)(H,18,19)/b13-6+. The summed E-state index contributed by atoms with van der Waals surface area (Å²) in [7, 11) is 0. The van der Waals surface area contributed by atoms with E-state index in [1.807, 2.05) is 0 Å². The molecule has 8 heteroatoms. The van der Waals surface area contributed by atoms with Gasteiger partial charge in [-0.05, 0) is 13.0 Å². The highest BCUT2D eigenvalue weighted by Crippen LogP contribution is 2.06. The van der Waals surface area contributed by atoms with E-state index >= 15 is 0 Å². The first-order valence-corrected chi connectivity index (χ1v) is 5.38. The Morgan fingerprint density at radius 2 is 2.21 bits per heavy atom. The summed E-state index contributed by atoms with van der Waals surface area (Å²) in [6, 6.07) is 6.52. The summed E-state index contributed by atoms with van der Waals surface area (Å²) in [6.07, 6.45) is 1.38. The van der Waals surface area contributed by atoms with Gasteiger partial charge in [-0.2, -0.15) is 5.10 Å². The van der Waals surface area contributed by atoms with E-state index in [0.717, 1.165) is 0 Å². The number of carbonyl (C=O) groups is 1. The van der Waals surface area contributed by atoms with Crippen LogP contribution < -0.4 is 11.3 Å². The molecular weight excluding hydrogens is 248 g/mol. The van der Waals surface area contributed by atoms with Crippen molar-refractivity contribution in [2.45, 2.75) is 6.92 Å². The quantitative estimate of drug-likeness (QED) is 0.417. The Morgan fingerprint density at radius 3 is 2.84 bits per heavy atom. The van der Waals surface area contributed by atoms with E-state index in [1.54, 1.807) is 25.1 Å². The highest BCUT2D eigenvalue weighted by atomic mass is 16.4. The maximum Gasteiger partial charge on any atom is 0.336 e. The first-order valence-electron chi connectivity index (χ1n) is 5.38. The molecule has 0 atom stereocenters. The molecular formula is C11H12N6O2. The van der Waals surface area contributed by atoms with Gasteiger partial charge in [0.15, 0.2) is 5.82 Å². The van der Waals surface area contributed by atoms with Crippen LogP contribution in [-0.2, 0) is 0 Å². The van der Waals surface area contributed by atoms with Gasteiger partial charge in [0, 0.05) is 5.56 Å². The van der Waals surface area contributed by atoms with Crippen molar-refractivity contribution in [1.82, 2.24) is 14.9 Å². The summed E-state index contributed by atoms with van der Waals surface area (Å²) >= 11 is 0. The summed E-state index contributed by atoms with van der Waals surface area (Å²) in [5, 5.41) is 20.4. The second-order valence-corrected chi connectivity index (χ2v) is 3.70. The largest absolute Gasteiger partial charge is 0.478 e. The number of nitrogen functional groups attached to an aromatic ring is 1. The lowest BCUT2D eigenvalue weighted by molar-refractivity contribution is 0.0697. The Hall–Kier alpha value is -2.90. The van der Waals surface area contributed by atoms with E-state index < -0.39 is 5.97 Å². The molecule has 0 amide bonds. The first kappa shape index (κ1) is 12.6. The summed E-state index contributed by atoms with van der Waals surface area (Å²) < 4.78 is 1.24. The highest BCUT2D eigenvalue weighted by molar-refractivity contribution is 5.98. The van der Waals surface area contributed by atoms with Crippen molar-refractivity contribution in [3.05, 3.63) is 41.2 Å². The van der Waals surface area contributed by atoms with Gasteiger partial charge in [-0.15, -0.1) is 10.2 Å². The van der Waals surface area contributed by atoms with E-state index in [2.05, 4.69) is 20.7 Å². The second-order valence-electron chi connectivity index (χ2n) is 3.70. The van der Waals surface area contributed by atoms with Crippen LogP contribution >= 0.6 is 0 Å². The smallest absolute Gasteiger partial charge is 0.336 e. The van der Waals surface area contributed by atoms with Crippen LogP contribution in [0.25, 0.3) is 0 Å². The summed E-state index contributed by atoms with van der Waals surface area (Å²) in [5.41, 5.74) is 3.23. The van der Waals surface area contributed by atoms with Crippen molar-refractivity contribution >= 4 is 18.1 Å². The van der Waals surface area contributed by atoms with Gasteiger partial charge in [0.25, 0.3) is 5.95 Å². The molecule has 0 unspecified atom stereocenters. The molecule has 1 aromatic carbocycles. The summed E-state index contributed by atoms with van der Waals surface area (Å²) in [6.45, 7) is 1.70. The Bertz CT molecular complexity index is 634. The molecule has 4 N–H and O–H groups in total. The normalized spacial score (nSPS) is 10.8. The third kappa shape index (κ3) is 2.68. The van der Waals surface area contributed by atoms with Gasteiger partial charge in [-0.25, -0.2) is 14.9 Å². The average molecular weight is 260 g/mol. The number of aromatic nitrogens is 3. The van der Waals surface area contributed by atoms with Gasteiger partial charge in [0.1, 0.15) is 0 Å². The van der Waals surface area contributed by atoms with Gasteiger partial charge < -0.3 is 10.9 Å². The van der Waals surface area contributed by atoms with Crippen molar-refractivity contribution in [3.8, 4) is 0 Å². The lowest BCUT2D eigenvalue weighted by Crippen LogP contribution is -2.13. The van der Waals surface area contributed by atoms with Crippen LogP contribution in [0.5, 0.6) is 0 Å². The molecule has 0 aliphatic heterocycles. The number of hydrogen-bond donors (Lipinski definition) is 3. The van der Waals surface area contributed by atoms with Gasteiger partial charge in [-0.1, -0.05) is 18.2 Å². The minimum Gasteiger partial charge on any atom is -0.478 e. The van der Waals surface area contributed by atoms with Crippen molar-refractivity contribution in [2.24, 2.45) is 5.10 Å². The molecule has 0 bridgehead atoms. The number of rotatable bonds is 4. The Kier molecular flexibility index (Phi) is 3.42. The molecule has 8 nitrogen and oxygen atoms in total. The molecule has 0 fully saturated rings. The van der Waals surface area contributed by atoms with Crippen LogP contribution in [-0.4, -0.2) is 32.2 Å². The third-order valence-corrected chi connectivity index (χ3v) is 2.43. The summed E-state index contributed by atoms with van der Waals surface area (Å²) in [4.78, 5) is 11.0. The monoisotopic (exact) mass is 260 g/mol. The molecule has 0 saturated carbocycles. The fourth-order valence-corrected chi connectivity index (χ4v) is 1.41. The van der Waals surface area contributed by atoms with Crippen molar-refractivity contribution < 1.29 is 9.90 Å². The number of carboxylic acid groups (broad SMARTS) is 1. The van der Waals surface area contributed by atoms with Gasteiger partial charge in [0.05, 0.1) is 11.8 Å². The second kappa shape index (κ2) is 5.17. The third-order valence-electron chi connectivity index (χ3n) is 2.43. The van der Waals surface area contributed by atoms with E-state index in [-0.39, 0.29) is 11.5 Å². The number of nitrogens with one attached hydrogen (secondary N) is 1. The minimum absolute atomic E-state index is 0.165. The van der Waals surface area contributed by atoms with Crippen molar-refractivity contribution in [3.63, 3.8) is 0 Å². The maximum absolute atomic E-state index is 11.0. The zero-order chi connectivity index (χ0) is 13.8. The lowest BCUT2D eigenvalue weighted by atomic mass is 10.1. The molecule has 98 valence electrons. The molecule has 1 aromatic heterocycles. The number of anilines is 1. The minimum atomic E-state index is -1.01. The number of aryl methyl sites for hydroxylation is 1. The topological polar surface area (TPSA) is 118 Å². The van der Waals surface area contributed by atoms with Crippen LogP contribution in [0.4, 0.5) is 5.95 Å².